The Bertz CT molecular complexity index is 253. The van der Waals surface area contributed by atoms with E-state index in [0.29, 0.717) is 18.8 Å². The van der Waals surface area contributed by atoms with Gasteiger partial charge in [0.15, 0.2) is 0 Å². The summed E-state index contributed by atoms with van der Waals surface area (Å²) in [6.07, 6.45) is 2.13. The largest absolute Gasteiger partial charge is 0.300 e. The van der Waals surface area contributed by atoms with Gasteiger partial charge >= 0.3 is 0 Å². The molecule has 2 heteroatoms. The molecule has 0 amide bonds. The third kappa shape index (κ3) is 2.66. The molecule has 0 aromatic carbocycles. The van der Waals surface area contributed by atoms with Gasteiger partial charge in [0.2, 0.25) is 0 Å². The summed E-state index contributed by atoms with van der Waals surface area (Å²) in [5, 5.41) is 0. The van der Waals surface area contributed by atoms with Gasteiger partial charge in [-0.2, -0.15) is 0 Å². The Hall–Kier alpha value is -0.660. The minimum absolute atomic E-state index is 0.0134. The lowest BCUT2D eigenvalue weighted by Gasteiger charge is -2.37. The fourth-order valence-electron chi connectivity index (χ4n) is 2.63. The second-order valence-corrected chi connectivity index (χ2v) is 5.50. The standard InChI is InChI=1S/C12H20O2/c1-8-6-12(3,4)7-11(14)10(8)5-9(2)13/h8,10H,5-7H2,1-4H3/t8-,10+/m0/s1. The Labute approximate surface area is 86.1 Å². The Morgan fingerprint density at radius 2 is 2.07 bits per heavy atom. The third-order valence-electron chi connectivity index (χ3n) is 3.14. The predicted octanol–water partition coefficient (Wildman–Crippen LogP) is 2.61. The van der Waals surface area contributed by atoms with E-state index in [1.165, 1.54) is 0 Å². The Morgan fingerprint density at radius 3 is 2.50 bits per heavy atom. The highest BCUT2D eigenvalue weighted by molar-refractivity contribution is 5.88. The van der Waals surface area contributed by atoms with E-state index >= 15 is 0 Å². The molecule has 1 fully saturated rings. The first kappa shape index (κ1) is 11.4. The molecular weight excluding hydrogens is 176 g/mol. The quantitative estimate of drug-likeness (QED) is 0.680. The van der Waals surface area contributed by atoms with Crippen molar-refractivity contribution in [1.29, 1.82) is 0 Å². The van der Waals surface area contributed by atoms with E-state index in [0.717, 1.165) is 6.42 Å². The molecule has 0 heterocycles. The maximum absolute atomic E-state index is 11.8. The lowest BCUT2D eigenvalue weighted by atomic mass is 9.66. The van der Waals surface area contributed by atoms with E-state index in [2.05, 4.69) is 20.8 Å². The number of hydrogen-bond donors (Lipinski definition) is 0. The highest BCUT2D eigenvalue weighted by Crippen LogP contribution is 2.40. The van der Waals surface area contributed by atoms with E-state index < -0.39 is 0 Å². The van der Waals surface area contributed by atoms with Crippen LogP contribution in [-0.2, 0) is 9.59 Å². The maximum atomic E-state index is 11.8. The summed E-state index contributed by atoms with van der Waals surface area (Å²) in [5.41, 5.74) is 0.129. The lowest BCUT2D eigenvalue weighted by Crippen LogP contribution is -2.36. The van der Waals surface area contributed by atoms with Crippen LogP contribution < -0.4 is 0 Å². The summed E-state index contributed by atoms with van der Waals surface area (Å²) in [5.74, 6) is 0.759. The van der Waals surface area contributed by atoms with Gasteiger partial charge in [-0.25, -0.2) is 0 Å². The van der Waals surface area contributed by atoms with Crippen molar-refractivity contribution in [1.82, 2.24) is 0 Å². The predicted molar refractivity (Wildman–Crippen MR) is 56.0 cm³/mol. The van der Waals surface area contributed by atoms with Crippen LogP contribution in [0.5, 0.6) is 0 Å². The Kier molecular flexibility index (Phi) is 3.13. The smallest absolute Gasteiger partial charge is 0.137 e. The average molecular weight is 196 g/mol. The molecule has 0 aromatic heterocycles. The van der Waals surface area contributed by atoms with Crippen LogP contribution in [0.1, 0.15) is 47.0 Å². The summed E-state index contributed by atoms with van der Waals surface area (Å²) >= 11 is 0. The molecule has 2 atom stereocenters. The van der Waals surface area contributed by atoms with Crippen molar-refractivity contribution in [3.05, 3.63) is 0 Å². The van der Waals surface area contributed by atoms with Crippen LogP contribution >= 0.6 is 0 Å². The number of Topliss-reactive ketones (excluding diaryl/α,β-unsaturated/α-hetero) is 2. The summed E-state index contributed by atoms with van der Waals surface area (Å²) < 4.78 is 0. The number of hydrogen-bond acceptors (Lipinski definition) is 2. The summed E-state index contributed by atoms with van der Waals surface area (Å²) in [6.45, 7) is 7.92. The highest BCUT2D eigenvalue weighted by atomic mass is 16.1. The fourth-order valence-corrected chi connectivity index (χ4v) is 2.63. The lowest BCUT2D eigenvalue weighted by molar-refractivity contribution is -0.134. The molecule has 14 heavy (non-hydrogen) atoms. The SMILES string of the molecule is CC(=O)C[C@H]1C(=O)CC(C)(C)C[C@@H]1C. The zero-order valence-corrected chi connectivity index (χ0v) is 9.59. The van der Waals surface area contributed by atoms with Gasteiger partial charge in [-0.3, -0.25) is 4.79 Å². The van der Waals surface area contributed by atoms with E-state index in [-0.39, 0.29) is 22.9 Å². The van der Waals surface area contributed by atoms with E-state index in [9.17, 15) is 9.59 Å². The molecule has 0 aliphatic heterocycles. The van der Waals surface area contributed by atoms with Crippen molar-refractivity contribution >= 4 is 11.6 Å². The van der Waals surface area contributed by atoms with Crippen molar-refractivity contribution < 1.29 is 9.59 Å². The van der Waals surface area contributed by atoms with E-state index in [1.54, 1.807) is 6.92 Å². The van der Waals surface area contributed by atoms with Crippen molar-refractivity contribution in [3.8, 4) is 0 Å². The van der Waals surface area contributed by atoms with Crippen LogP contribution in [0, 0.1) is 17.3 Å². The molecule has 0 aromatic rings. The molecule has 1 rings (SSSR count). The van der Waals surface area contributed by atoms with Crippen molar-refractivity contribution in [2.45, 2.75) is 47.0 Å². The monoisotopic (exact) mass is 196 g/mol. The molecule has 0 spiro atoms. The molecule has 0 radical (unpaired) electrons. The normalized spacial score (nSPS) is 31.6. The van der Waals surface area contributed by atoms with Gasteiger partial charge in [0.1, 0.15) is 11.6 Å². The molecule has 0 N–H and O–H groups in total. The first-order chi connectivity index (χ1) is 6.32. The first-order valence-electron chi connectivity index (χ1n) is 5.34. The minimum Gasteiger partial charge on any atom is -0.300 e. The molecule has 2 nitrogen and oxygen atoms in total. The van der Waals surface area contributed by atoms with Gasteiger partial charge in [-0.1, -0.05) is 20.8 Å². The second kappa shape index (κ2) is 3.84. The third-order valence-corrected chi connectivity index (χ3v) is 3.14. The van der Waals surface area contributed by atoms with Gasteiger partial charge in [0.05, 0.1) is 0 Å². The first-order valence-corrected chi connectivity index (χ1v) is 5.34. The van der Waals surface area contributed by atoms with Gasteiger partial charge in [-0.15, -0.1) is 0 Å². The van der Waals surface area contributed by atoms with Gasteiger partial charge < -0.3 is 4.79 Å². The van der Waals surface area contributed by atoms with Crippen LogP contribution in [0.15, 0.2) is 0 Å². The number of ketones is 2. The number of rotatable bonds is 2. The maximum Gasteiger partial charge on any atom is 0.137 e. The van der Waals surface area contributed by atoms with Crippen molar-refractivity contribution in [2.24, 2.45) is 17.3 Å². The zero-order chi connectivity index (χ0) is 10.9. The minimum atomic E-state index is -0.0134. The molecule has 1 saturated carbocycles. The summed E-state index contributed by atoms with van der Waals surface area (Å²) in [4.78, 5) is 22.8. The molecule has 1 aliphatic rings. The van der Waals surface area contributed by atoms with Crippen molar-refractivity contribution in [2.75, 3.05) is 0 Å². The summed E-state index contributed by atoms with van der Waals surface area (Å²) in [6, 6.07) is 0. The van der Waals surface area contributed by atoms with Crippen molar-refractivity contribution in [3.63, 3.8) is 0 Å². The molecule has 0 unspecified atom stereocenters. The van der Waals surface area contributed by atoms with Gasteiger partial charge in [0, 0.05) is 18.8 Å². The number of carbonyl (C=O) groups is 2. The van der Waals surface area contributed by atoms with Gasteiger partial charge in [-0.05, 0) is 24.7 Å². The van der Waals surface area contributed by atoms with Crippen LogP contribution in [0.3, 0.4) is 0 Å². The molecule has 0 saturated heterocycles. The molecule has 1 aliphatic carbocycles. The molecule has 0 bridgehead atoms. The zero-order valence-electron chi connectivity index (χ0n) is 9.59. The topological polar surface area (TPSA) is 34.1 Å². The molecule has 80 valence electrons. The van der Waals surface area contributed by atoms with Crippen LogP contribution in [-0.4, -0.2) is 11.6 Å². The van der Waals surface area contributed by atoms with Gasteiger partial charge in [0.25, 0.3) is 0 Å². The highest BCUT2D eigenvalue weighted by Gasteiger charge is 2.38. The van der Waals surface area contributed by atoms with Crippen LogP contribution in [0.4, 0.5) is 0 Å². The van der Waals surface area contributed by atoms with Crippen LogP contribution in [0.25, 0.3) is 0 Å². The average Bonchev–Trinajstić information content (AvgIpc) is 1.94. The summed E-state index contributed by atoms with van der Waals surface area (Å²) in [7, 11) is 0. The fraction of sp³-hybridized carbons (Fsp3) is 0.833. The Balaban J connectivity index is 2.70. The van der Waals surface area contributed by atoms with Crippen LogP contribution in [0.2, 0.25) is 0 Å². The Morgan fingerprint density at radius 1 is 1.50 bits per heavy atom. The van der Waals surface area contributed by atoms with E-state index in [1.807, 2.05) is 0 Å². The number of carbonyl (C=O) groups excluding carboxylic acids is 2. The second-order valence-electron chi connectivity index (χ2n) is 5.50. The van der Waals surface area contributed by atoms with E-state index in [4.69, 9.17) is 0 Å². The molecular formula is C12H20O2.